The van der Waals surface area contributed by atoms with Gasteiger partial charge in [0.05, 0.1) is 0 Å². The molecule has 1 fully saturated rings. The van der Waals surface area contributed by atoms with Crippen LogP contribution >= 0.6 is 11.3 Å². The van der Waals surface area contributed by atoms with Crippen LogP contribution in [0.4, 0.5) is 5.95 Å². The maximum Gasteiger partial charge on any atom is 0.311 e. The number of nitrogens with two attached hydrogens (primary N) is 1. The maximum absolute atomic E-state index is 12.6. The standard InChI is InChI=1S/C16H20N4O7S/c1-4-8(25-6(2)21)9-5-10(26-7(3)22)14(27-9)20-12-11(28-16(20)24)13(23)19-15(17)18-12/h8-10,14H,4-5H2,1-3H3,(H3,17,18,19,23)/t8?,9-,10+,14+/m0/s1. The van der Waals surface area contributed by atoms with Crippen molar-refractivity contribution in [3.8, 4) is 0 Å². The number of carbonyl (C=O) groups excluding carboxylic acids is 2. The minimum atomic E-state index is -1.03. The van der Waals surface area contributed by atoms with Crippen LogP contribution in [-0.4, -0.2) is 44.8 Å². The summed E-state index contributed by atoms with van der Waals surface area (Å²) < 4.78 is 17.8. The predicted octanol–water partition coefficient (Wildman–Crippen LogP) is 0.289. The minimum absolute atomic E-state index is 0.0413. The number of aromatic amines is 1. The van der Waals surface area contributed by atoms with Crippen LogP contribution < -0.4 is 16.2 Å². The molecule has 0 bridgehead atoms. The molecule has 3 heterocycles. The molecule has 11 nitrogen and oxygen atoms in total. The smallest absolute Gasteiger partial charge is 0.311 e. The Kier molecular flexibility index (Phi) is 5.52. The lowest BCUT2D eigenvalue weighted by Crippen LogP contribution is -2.31. The fourth-order valence-corrected chi connectivity index (χ4v) is 4.10. The Balaban J connectivity index is 2.05. The lowest BCUT2D eigenvalue weighted by Gasteiger charge is -2.22. The average Bonchev–Trinajstić information content (AvgIpc) is 3.12. The van der Waals surface area contributed by atoms with E-state index in [4.69, 9.17) is 19.9 Å². The number of nitrogens with one attached hydrogen (secondary N) is 1. The van der Waals surface area contributed by atoms with Crippen molar-refractivity contribution in [3.63, 3.8) is 0 Å². The summed E-state index contributed by atoms with van der Waals surface area (Å²) in [5.74, 6) is -1.19. The van der Waals surface area contributed by atoms with E-state index >= 15 is 0 Å². The third-order valence-corrected chi connectivity index (χ3v) is 5.24. The van der Waals surface area contributed by atoms with E-state index in [1.54, 1.807) is 0 Å². The lowest BCUT2D eigenvalue weighted by atomic mass is 10.1. The number of carbonyl (C=O) groups is 2. The number of aromatic nitrogens is 3. The Morgan fingerprint density at radius 3 is 2.71 bits per heavy atom. The first-order valence-corrected chi connectivity index (χ1v) is 9.43. The predicted molar refractivity (Wildman–Crippen MR) is 98.8 cm³/mol. The van der Waals surface area contributed by atoms with Crippen molar-refractivity contribution < 1.29 is 23.8 Å². The van der Waals surface area contributed by atoms with Gasteiger partial charge in [-0.05, 0) is 6.42 Å². The summed E-state index contributed by atoms with van der Waals surface area (Å²) in [7, 11) is 0. The molecule has 0 aromatic carbocycles. The Morgan fingerprint density at radius 2 is 2.11 bits per heavy atom. The van der Waals surface area contributed by atoms with Crippen LogP contribution in [0.25, 0.3) is 10.3 Å². The molecule has 4 atom stereocenters. The largest absolute Gasteiger partial charge is 0.460 e. The third-order valence-electron chi connectivity index (χ3n) is 4.29. The summed E-state index contributed by atoms with van der Waals surface area (Å²) in [5, 5.41) is 0. The molecule has 1 aliphatic rings. The van der Waals surface area contributed by atoms with Gasteiger partial charge in [-0.3, -0.25) is 28.7 Å². The van der Waals surface area contributed by atoms with E-state index in [0.717, 1.165) is 4.57 Å². The van der Waals surface area contributed by atoms with Crippen LogP contribution in [0.2, 0.25) is 0 Å². The highest BCUT2D eigenvalue weighted by molar-refractivity contribution is 7.16. The molecule has 3 rings (SSSR count). The molecule has 152 valence electrons. The van der Waals surface area contributed by atoms with Crippen LogP contribution in [0, 0.1) is 0 Å². The zero-order valence-electron chi connectivity index (χ0n) is 15.5. The normalized spacial score (nSPS) is 22.9. The van der Waals surface area contributed by atoms with Gasteiger partial charge in [-0.2, -0.15) is 4.98 Å². The molecule has 0 amide bonds. The number of fused-ring (bicyclic) bond motifs is 1. The summed E-state index contributed by atoms with van der Waals surface area (Å²) in [5.41, 5.74) is 5.10. The van der Waals surface area contributed by atoms with E-state index < -0.39 is 46.9 Å². The van der Waals surface area contributed by atoms with Gasteiger partial charge in [-0.25, -0.2) is 0 Å². The summed E-state index contributed by atoms with van der Waals surface area (Å²) in [4.78, 5) is 53.4. The molecule has 1 aliphatic heterocycles. The van der Waals surface area contributed by atoms with Gasteiger partial charge in [0.1, 0.15) is 23.0 Å². The second kappa shape index (κ2) is 7.72. The second-order valence-electron chi connectivity index (χ2n) is 6.35. The summed E-state index contributed by atoms with van der Waals surface area (Å²) >= 11 is 0.688. The van der Waals surface area contributed by atoms with Gasteiger partial charge in [0.2, 0.25) is 5.95 Å². The first-order chi connectivity index (χ1) is 13.2. The van der Waals surface area contributed by atoms with Gasteiger partial charge in [0, 0.05) is 20.3 Å². The zero-order valence-corrected chi connectivity index (χ0v) is 16.3. The topological polar surface area (TPSA) is 156 Å². The lowest BCUT2D eigenvalue weighted by molar-refractivity contribution is -0.158. The highest BCUT2D eigenvalue weighted by Gasteiger charge is 2.44. The Morgan fingerprint density at radius 1 is 1.39 bits per heavy atom. The Hall–Kier alpha value is -2.73. The van der Waals surface area contributed by atoms with E-state index in [0.29, 0.717) is 17.8 Å². The number of anilines is 1. The highest BCUT2D eigenvalue weighted by Crippen LogP contribution is 2.35. The molecule has 1 unspecified atom stereocenters. The van der Waals surface area contributed by atoms with Crippen LogP contribution in [0.15, 0.2) is 9.59 Å². The molecule has 0 aliphatic carbocycles. The molecular weight excluding hydrogens is 392 g/mol. The maximum atomic E-state index is 12.6. The highest BCUT2D eigenvalue weighted by atomic mass is 32.1. The molecule has 0 saturated carbocycles. The average molecular weight is 412 g/mol. The molecule has 2 aromatic rings. The fraction of sp³-hybridized carbons (Fsp3) is 0.562. The van der Waals surface area contributed by atoms with E-state index in [1.165, 1.54) is 13.8 Å². The number of H-pyrrole nitrogens is 1. The number of esters is 2. The van der Waals surface area contributed by atoms with E-state index in [-0.39, 0.29) is 22.7 Å². The molecule has 12 heteroatoms. The SMILES string of the molecule is CCC(OC(C)=O)[C@@H]1C[C@@H](OC(C)=O)[C@H](n2c(=O)sc3c(=O)[nH]c(N)nc32)O1. The number of nitrogens with zero attached hydrogens (tertiary/aromatic N) is 2. The Labute approximate surface area is 162 Å². The third kappa shape index (κ3) is 3.78. The number of hydrogen-bond donors (Lipinski definition) is 2. The van der Waals surface area contributed by atoms with Crippen molar-refractivity contribution in [2.24, 2.45) is 0 Å². The number of hydrogen-bond acceptors (Lipinski definition) is 10. The van der Waals surface area contributed by atoms with Gasteiger partial charge in [-0.15, -0.1) is 0 Å². The van der Waals surface area contributed by atoms with Crippen LogP contribution in [-0.2, 0) is 23.8 Å². The monoisotopic (exact) mass is 412 g/mol. The molecule has 3 N–H and O–H groups in total. The second-order valence-corrected chi connectivity index (χ2v) is 7.31. The van der Waals surface area contributed by atoms with Gasteiger partial charge >= 0.3 is 16.8 Å². The summed E-state index contributed by atoms with van der Waals surface area (Å²) in [6.07, 6.45) is -2.38. The number of ether oxygens (including phenoxy) is 3. The van der Waals surface area contributed by atoms with Crippen molar-refractivity contribution in [3.05, 3.63) is 20.0 Å². The van der Waals surface area contributed by atoms with Crippen molar-refractivity contribution in [2.45, 2.75) is 58.2 Å². The summed E-state index contributed by atoms with van der Waals surface area (Å²) in [6.45, 7) is 4.34. The fourth-order valence-electron chi connectivity index (χ4n) is 3.26. The first-order valence-electron chi connectivity index (χ1n) is 8.62. The van der Waals surface area contributed by atoms with Crippen molar-refractivity contribution in [2.75, 3.05) is 5.73 Å². The molecule has 1 saturated heterocycles. The van der Waals surface area contributed by atoms with Crippen molar-refractivity contribution in [1.82, 2.24) is 14.5 Å². The zero-order chi connectivity index (χ0) is 20.6. The molecule has 2 aromatic heterocycles. The minimum Gasteiger partial charge on any atom is -0.460 e. The number of nitrogen functional groups attached to an aromatic ring is 1. The van der Waals surface area contributed by atoms with Gasteiger partial charge in [0.15, 0.2) is 11.9 Å². The van der Waals surface area contributed by atoms with Crippen LogP contribution in [0.5, 0.6) is 0 Å². The van der Waals surface area contributed by atoms with Crippen molar-refractivity contribution >= 4 is 39.6 Å². The molecule has 28 heavy (non-hydrogen) atoms. The van der Waals surface area contributed by atoms with E-state index in [9.17, 15) is 19.2 Å². The van der Waals surface area contributed by atoms with Gasteiger partial charge in [-0.1, -0.05) is 18.3 Å². The number of rotatable bonds is 5. The van der Waals surface area contributed by atoms with Gasteiger partial charge < -0.3 is 19.9 Å². The summed E-state index contributed by atoms with van der Waals surface area (Å²) in [6, 6.07) is 0. The first kappa shape index (κ1) is 20.0. The number of thiazole rings is 1. The van der Waals surface area contributed by atoms with Crippen LogP contribution in [0.1, 0.15) is 39.8 Å². The van der Waals surface area contributed by atoms with Gasteiger partial charge in [0.25, 0.3) is 5.56 Å². The molecule has 0 spiro atoms. The van der Waals surface area contributed by atoms with E-state index in [2.05, 4.69) is 9.97 Å². The van der Waals surface area contributed by atoms with Crippen LogP contribution in [0.3, 0.4) is 0 Å². The Bertz CT molecular complexity index is 1030. The quantitative estimate of drug-likeness (QED) is 0.659. The molecule has 0 radical (unpaired) electrons. The van der Waals surface area contributed by atoms with E-state index in [1.807, 2.05) is 6.92 Å². The van der Waals surface area contributed by atoms with Crippen molar-refractivity contribution in [1.29, 1.82) is 0 Å². The molecular formula is C16H20N4O7S.